The minimum atomic E-state index is -0.264. The Morgan fingerprint density at radius 2 is 1.72 bits per heavy atom. The molecule has 2 aromatic carbocycles. The Kier molecular flexibility index (Phi) is 2.45. The third-order valence-corrected chi connectivity index (χ3v) is 2.90. The van der Waals surface area contributed by atoms with Gasteiger partial charge in [-0.2, -0.15) is 0 Å². The highest BCUT2D eigenvalue weighted by Crippen LogP contribution is 2.31. The molecule has 0 saturated heterocycles. The topological polar surface area (TPSA) is 33.1 Å². The van der Waals surface area contributed by atoms with Crippen LogP contribution in [0.3, 0.4) is 0 Å². The van der Waals surface area contributed by atoms with E-state index in [1.165, 1.54) is 12.1 Å². The Balaban J connectivity index is 2.29. The van der Waals surface area contributed by atoms with E-state index in [1.54, 1.807) is 30.5 Å². The third kappa shape index (κ3) is 1.70. The molecule has 3 rings (SSSR count). The summed E-state index contributed by atoms with van der Waals surface area (Å²) in [7, 11) is 0. The number of phenols is 1. The molecule has 1 N–H and O–H groups in total. The SMILES string of the molecule is Oc1cccc2c(-c3ccc(F)cc3)ccnc12. The van der Waals surface area contributed by atoms with Gasteiger partial charge in [0.2, 0.25) is 0 Å². The molecule has 0 spiro atoms. The van der Waals surface area contributed by atoms with Crippen molar-refractivity contribution in [2.75, 3.05) is 0 Å². The first-order valence-corrected chi connectivity index (χ1v) is 5.58. The van der Waals surface area contributed by atoms with Gasteiger partial charge in [0.25, 0.3) is 0 Å². The van der Waals surface area contributed by atoms with Gasteiger partial charge in [0.05, 0.1) is 0 Å². The highest BCUT2D eigenvalue weighted by atomic mass is 19.1. The Morgan fingerprint density at radius 3 is 2.50 bits per heavy atom. The number of hydrogen-bond donors (Lipinski definition) is 1. The first kappa shape index (κ1) is 10.7. The van der Waals surface area contributed by atoms with Gasteiger partial charge < -0.3 is 5.11 Å². The van der Waals surface area contributed by atoms with Gasteiger partial charge in [-0.3, -0.25) is 4.98 Å². The van der Waals surface area contributed by atoms with Crippen molar-refractivity contribution in [2.24, 2.45) is 0 Å². The van der Waals surface area contributed by atoms with E-state index in [9.17, 15) is 9.50 Å². The lowest BCUT2D eigenvalue weighted by atomic mass is 10.0. The zero-order valence-corrected chi connectivity index (χ0v) is 9.47. The van der Waals surface area contributed by atoms with E-state index in [0.717, 1.165) is 16.5 Å². The zero-order chi connectivity index (χ0) is 12.5. The smallest absolute Gasteiger partial charge is 0.141 e. The van der Waals surface area contributed by atoms with Crippen LogP contribution in [0.1, 0.15) is 0 Å². The second-order valence-corrected chi connectivity index (χ2v) is 4.04. The maximum atomic E-state index is 12.9. The predicted octanol–water partition coefficient (Wildman–Crippen LogP) is 3.75. The van der Waals surface area contributed by atoms with Gasteiger partial charge in [-0.1, -0.05) is 24.3 Å². The molecule has 0 saturated carbocycles. The van der Waals surface area contributed by atoms with Crippen molar-refractivity contribution in [2.45, 2.75) is 0 Å². The van der Waals surface area contributed by atoms with Crippen LogP contribution in [0.4, 0.5) is 4.39 Å². The summed E-state index contributed by atoms with van der Waals surface area (Å²) < 4.78 is 12.9. The van der Waals surface area contributed by atoms with Gasteiger partial charge >= 0.3 is 0 Å². The van der Waals surface area contributed by atoms with Gasteiger partial charge in [-0.15, -0.1) is 0 Å². The number of pyridine rings is 1. The monoisotopic (exact) mass is 239 g/mol. The van der Waals surface area contributed by atoms with Crippen molar-refractivity contribution >= 4 is 10.9 Å². The fourth-order valence-electron chi connectivity index (χ4n) is 2.04. The second kappa shape index (κ2) is 4.11. The normalized spacial score (nSPS) is 10.7. The van der Waals surface area contributed by atoms with Crippen LogP contribution in [0.2, 0.25) is 0 Å². The fraction of sp³-hybridized carbons (Fsp3) is 0. The number of phenolic OH excluding ortho intramolecular Hbond substituents is 1. The molecule has 0 radical (unpaired) electrons. The molecule has 3 heteroatoms. The minimum absolute atomic E-state index is 0.150. The van der Waals surface area contributed by atoms with Gasteiger partial charge in [-0.25, -0.2) is 4.39 Å². The fourth-order valence-corrected chi connectivity index (χ4v) is 2.04. The molecule has 18 heavy (non-hydrogen) atoms. The third-order valence-electron chi connectivity index (χ3n) is 2.90. The van der Waals surface area contributed by atoms with Gasteiger partial charge in [0.15, 0.2) is 0 Å². The summed E-state index contributed by atoms with van der Waals surface area (Å²) in [6.07, 6.45) is 1.64. The molecule has 3 aromatic rings. The van der Waals surface area contributed by atoms with Gasteiger partial charge in [-0.05, 0) is 35.4 Å². The van der Waals surface area contributed by atoms with Crippen LogP contribution < -0.4 is 0 Å². The van der Waals surface area contributed by atoms with Gasteiger partial charge in [0.1, 0.15) is 17.1 Å². The van der Waals surface area contributed by atoms with E-state index >= 15 is 0 Å². The van der Waals surface area contributed by atoms with E-state index in [0.29, 0.717) is 5.52 Å². The van der Waals surface area contributed by atoms with Crippen LogP contribution in [-0.2, 0) is 0 Å². The summed E-state index contributed by atoms with van der Waals surface area (Å²) in [6, 6.07) is 13.4. The molecular weight excluding hydrogens is 229 g/mol. The largest absolute Gasteiger partial charge is 0.506 e. The van der Waals surface area contributed by atoms with Crippen molar-refractivity contribution in [3.05, 3.63) is 60.5 Å². The van der Waals surface area contributed by atoms with E-state index in [4.69, 9.17) is 0 Å². The molecule has 0 unspecified atom stereocenters. The van der Waals surface area contributed by atoms with Crippen LogP contribution in [0.15, 0.2) is 54.7 Å². The number of halogens is 1. The lowest BCUT2D eigenvalue weighted by molar-refractivity contribution is 0.480. The molecule has 0 atom stereocenters. The molecule has 0 bridgehead atoms. The Bertz CT molecular complexity index is 707. The maximum Gasteiger partial charge on any atom is 0.141 e. The van der Waals surface area contributed by atoms with Crippen molar-refractivity contribution in [3.8, 4) is 16.9 Å². The highest BCUT2D eigenvalue weighted by Gasteiger charge is 2.07. The van der Waals surface area contributed by atoms with E-state index in [-0.39, 0.29) is 11.6 Å². The average molecular weight is 239 g/mol. The lowest BCUT2D eigenvalue weighted by Crippen LogP contribution is -1.85. The summed E-state index contributed by atoms with van der Waals surface area (Å²) in [5.74, 6) is -0.114. The maximum absolute atomic E-state index is 12.9. The summed E-state index contributed by atoms with van der Waals surface area (Å²) >= 11 is 0. The molecule has 0 aliphatic rings. The molecule has 0 aliphatic heterocycles. The highest BCUT2D eigenvalue weighted by molar-refractivity contribution is 5.96. The molecule has 1 aromatic heterocycles. The van der Waals surface area contributed by atoms with Crippen LogP contribution in [0.25, 0.3) is 22.0 Å². The number of aromatic hydroxyl groups is 1. The Labute approximate surface area is 103 Å². The quantitative estimate of drug-likeness (QED) is 0.701. The molecule has 2 nitrogen and oxygen atoms in total. The summed E-state index contributed by atoms with van der Waals surface area (Å²) in [5, 5.41) is 10.6. The number of fused-ring (bicyclic) bond motifs is 1. The van der Waals surface area contributed by atoms with Crippen molar-refractivity contribution in [3.63, 3.8) is 0 Å². The summed E-state index contributed by atoms with van der Waals surface area (Å²) in [4.78, 5) is 4.16. The molecule has 0 aliphatic carbocycles. The number of benzene rings is 2. The van der Waals surface area contributed by atoms with Crippen LogP contribution in [-0.4, -0.2) is 10.1 Å². The molecule has 88 valence electrons. The van der Waals surface area contributed by atoms with Crippen molar-refractivity contribution in [1.29, 1.82) is 0 Å². The number of nitrogens with zero attached hydrogens (tertiary/aromatic N) is 1. The standard InChI is InChI=1S/C15H10FNO/c16-11-6-4-10(5-7-11)12-8-9-17-15-13(12)2-1-3-14(15)18/h1-9,18H. The summed E-state index contributed by atoms with van der Waals surface area (Å²) in [5.41, 5.74) is 2.38. The average Bonchev–Trinajstić information content (AvgIpc) is 2.40. The van der Waals surface area contributed by atoms with Crippen LogP contribution in [0.5, 0.6) is 5.75 Å². The molecule has 0 amide bonds. The molecule has 1 heterocycles. The van der Waals surface area contributed by atoms with E-state index in [1.807, 2.05) is 12.1 Å². The number of aromatic nitrogens is 1. The van der Waals surface area contributed by atoms with Crippen LogP contribution >= 0.6 is 0 Å². The zero-order valence-electron chi connectivity index (χ0n) is 9.47. The van der Waals surface area contributed by atoms with Crippen LogP contribution in [0, 0.1) is 5.82 Å². The van der Waals surface area contributed by atoms with Crippen molar-refractivity contribution < 1.29 is 9.50 Å². The Hall–Kier alpha value is -2.42. The van der Waals surface area contributed by atoms with E-state index in [2.05, 4.69) is 4.98 Å². The molecular formula is C15H10FNO. The first-order valence-electron chi connectivity index (χ1n) is 5.58. The number of rotatable bonds is 1. The minimum Gasteiger partial charge on any atom is -0.506 e. The number of para-hydroxylation sites is 1. The number of hydrogen-bond acceptors (Lipinski definition) is 2. The predicted molar refractivity (Wildman–Crippen MR) is 68.8 cm³/mol. The second-order valence-electron chi connectivity index (χ2n) is 4.04. The summed E-state index contributed by atoms with van der Waals surface area (Å²) in [6.45, 7) is 0. The first-order chi connectivity index (χ1) is 8.75. The molecule has 0 fully saturated rings. The van der Waals surface area contributed by atoms with Crippen molar-refractivity contribution in [1.82, 2.24) is 4.98 Å². The lowest BCUT2D eigenvalue weighted by Gasteiger charge is -2.07. The Morgan fingerprint density at radius 1 is 0.944 bits per heavy atom. The van der Waals surface area contributed by atoms with Gasteiger partial charge in [0, 0.05) is 11.6 Å². The van der Waals surface area contributed by atoms with E-state index < -0.39 is 0 Å².